The molecule has 0 aliphatic rings. The smallest absolute Gasteiger partial charge is 0.207 e. The van der Waals surface area contributed by atoms with Crippen molar-refractivity contribution in [2.24, 2.45) is 0 Å². The molecule has 6 heteroatoms. The van der Waals surface area contributed by atoms with Gasteiger partial charge in [-0.25, -0.2) is 4.98 Å². The second-order valence-electron chi connectivity index (χ2n) is 2.55. The molecule has 0 spiro atoms. The molecule has 0 saturated carbocycles. The van der Waals surface area contributed by atoms with E-state index < -0.39 is 0 Å². The van der Waals surface area contributed by atoms with Gasteiger partial charge in [0.1, 0.15) is 10.8 Å². The standard InChI is InChI=1S/C7H7ClN4S/c1-5-9-2-3-12(5)4-6-10-11-7(8)13-6/h2-3H,4H2,1H3. The van der Waals surface area contributed by atoms with Crippen molar-refractivity contribution in [1.82, 2.24) is 19.7 Å². The van der Waals surface area contributed by atoms with Gasteiger partial charge in [-0.1, -0.05) is 11.3 Å². The highest BCUT2D eigenvalue weighted by Crippen LogP contribution is 2.16. The van der Waals surface area contributed by atoms with Crippen LogP contribution in [0.2, 0.25) is 4.47 Å². The zero-order valence-electron chi connectivity index (χ0n) is 6.94. The summed E-state index contributed by atoms with van der Waals surface area (Å²) in [5, 5.41) is 8.54. The predicted molar refractivity (Wildman–Crippen MR) is 51.0 cm³/mol. The maximum Gasteiger partial charge on any atom is 0.207 e. The maximum atomic E-state index is 5.66. The van der Waals surface area contributed by atoms with Crippen molar-refractivity contribution < 1.29 is 0 Å². The Kier molecular flexibility index (Phi) is 2.28. The second kappa shape index (κ2) is 3.43. The molecule has 2 aromatic rings. The second-order valence-corrected chi connectivity index (χ2v) is 4.20. The van der Waals surface area contributed by atoms with E-state index in [1.807, 2.05) is 17.7 Å². The van der Waals surface area contributed by atoms with Crippen LogP contribution >= 0.6 is 22.9 Å². The number of aromatic nitrogens is 4. The minimum absolute atomic E-state index is 0.479. The van der Waals surface area contributed by atoms with Crippen LogP contribution in [0.5, 0.6) is 0 Å². The largest absolute Gasteiger partial charge is 0.328 e. The normalized spacial score (nSPS) is 10.6. The molecule has 0 fully saturated rings. The van der Waals surface area contributed by atoms with Gasteiger partial charge in [0, 0.05) is 12.4 Å². The first-order valence-corrected chi connectivity index (χ1v) is 4.91. The molecule has 0 saturated heterocycles. The number of rotatable bonds is 2. The van der Waals surface area contributed by atoms with Gasteiger partial charge >= 0.3 is 0 Å². The van der Waals surface area contributed by atoms with E-state index in [2.05, 4.69) is 15.2 Å². The molecule has 13 heavy (non-hydrogen) atoms. The number of hydrogen-bond donors (Lipinski definition) is 0. The van der Waals surface area contributed by atoms with E-state index in [1.165, 1.54) is 11.3 Å². The van der Waals surface area contributed by atoms with Crippen LogP contribution in [0.3, 0.4) is 0 Å². The first kappa shape index (κ1) is 8.65. The van der Waals surface area contributed by atoms with E-state index >= 15 is 0 Å². The highest BCUT2D eigenvalue weighted by Gasteiger charge is 2.03. The molecule has 0 bridgehead atoms. The van der Waals surface area contributed by atoms with Crippen LogP contribution < -0.4 is 0 Å². The van der Waals surface area contributed by atoms with Crippen molar-refractivity contribution in [3.8, 4) is 0 Å². The number of hydrogen-bond acceptors (Lipinski definition) is 4. The highest BCUT2D eigenvalue weighted by molar-refractivity contribution is 7.15. The Bertz CT molecular complexity index is 408. The molecule has 2 heterocycles. The van der Waals surface area contributed by atoms with E-state index in [0.29, 0.717) is 11.0 Å². The molecule has 0 aromatic carbocycles. The van der Waals surface area contributed by atoms with Gasteiger partial charge in [-0.2, -0.15) is 0 Å². The van der Waals surface area contributed by atoms with E-state index in [9.17, 15) is 0 Å². The van der Waals surface area contributed by atoms with Gasteiger partial charge in [0.25, 0.3) is 0 Å². The molecule has 2 rings (SSSR count). The summed E-state index contributed by atoms with van der Waals surface area (Å²) in [6, 6.07) is 0. The molecule has 0 N–H and O–H groups in total. The van der Waals surface area contributed by atoms with Gasteiger partial charge in [0.2, 0.25) is 4.47 Å². The minimum atomic E-state index is 0.479. The summed E-state index contributed by atoms with van der Waals surface area (Å²) >= 11 is 7.05. The third-order valence-corrected chi connectivity index (χ3v) is 2.67. The lowest BCUT2D eigenvalue weighted by atomic mass is 10.6. The number of nitrogens with zero attached hydrogens (tertiary/aromatic N) is 4. The van der Waals surface area contributed by atoms with E-state index in [0.717, 1.165) is 10.8 Å². The van der Waals surface area contributed by atoms with Gasteiger partial charge in [-0.15, -0.1) is 10.2 Å². The molecule has 0 unspecified atom stereocenters. The molecular weight excluding hydrogens is 208 g/mol. The van der Waals surface area contributed by atoms with E-state index in [1.54, 1.807) is 6.20 Å². The SMILES string of the molecule is Cc1nccn1Cc1nnc(Cl)s1. The Morgan fingerprint density at radius 2 is 2.38 bits per heavy atom. The molecule has 4 nitrogen and oxygen atoms in total. The fourth-order valence-corrected chi connectivity index (χ4v) is 1.88. The molecule has 0 radical (unpaired) electrons. The van der Waals surface area contributed by atoms with Crippen LogP contribution in [-0.4, -0.2) is 19.7 Å². The first-order valence-electron chi connectivity index (χ1n) is 3.71. The van der Waals surface area contributed by atoms with Gasteiger partial charge in [-0.05, 0) is 18.5 Å². The van der Waals surface area contributed by atoms with Crippen molar-refractivity contribution in [2.45, 2.75) is 13.5 Å². The van der Waals surface area contributed by atoms with Crippen molar-refractivity contribution in [3.63, 3.8) is 0 Å². The van der Waals surface area contributed by atoms with Crippen LogP contribution in [0.1, 0.15) is 10.8 Å². The summed E-state index contributed by atoms with van der Waals surface area (Å²) in [5.74, 6) is 0.964. The Balaban J connectivity index is 2.19. The first-order chi connectivity index (χ1) is 6.25. The highest BCUT2D eigenvalue weighted by atomic mass is 35.5. The van der Waals surface area contributed by atoms with Crippen molar-refractivity contribution in [3.05, 3.63) is 27.7 Å². The Labute approximate surface area is 84.2 Å². The lowest BCUT2D eigenvalue weighted by Gasteiger charge is -1.99. The Hall–Kier alpha value is -0.940. The van der Waals surface area contributed by atoms with Crippen LogP contribution in [-0.2, 0) is 6.54 Å². The monoisotopic (exact) mass is 214 g/mol. The summed E-state index contributed by atoms with van der Waals surface area (Å²) in [6.07, 6.45) is 3.67. The lowest BCUT2D eigenvalue weighted by molar-refractivity contribution is 0.746. The summed E-state index contributed by atoms with van der Waals surface area (Å²) in [7, 11) is 0. The Morgan fingerprint density at radius 1 is 1.54 bits per heavy atom. The molecule has 2 aromatic heterocycles. The Morgan fingerprint density at radius 3 is 2.92 bits per heavy atom. The van der Waals surface area contributed by atoms with Gasteiger partial charge in [0.15, 0.2) is 0 Å². The average Bonchev–Trinajstić information content (AvgIpc) is 2.64. The van der Waals surface area contributed by atoms with Crippen molar-refractivity contribution >= 4 is 22.9 Å². The van der Waals surface area contributed by atoms with Gasteiger partial charge in [-0.3, -0.25) is 0 Å². The summed E-state index contributed by atoms with van der Waals surface area (Å²) in [5.41, 5.74) is 0. The van der Waals surface area contributed by atoms with Crippen LogP contribution in [0.15, 0.2) is 12.4 Å². The fraction of sp³-hybridized carbons (Fsp3) is 0.286. The van der Waals surface area contributed by atoms with Crippen LogP contribution in [0, 0.1) is 6.92 Å². The van der Waals surface area contributed by atoms with Crippen LogP contribution in [0.25, 0.3) is 0 Å². The average molecular weight is 215 g/mol. The maximum absolute atomic E-state index is 5.66. The molecule has 0 amide bonds. The summed E-state index contributed by atoms with van der Waals surface area (Å²) in [4.78, 5) is 4.11. The minimum Gasteiger partial charge on any atom is -0.328 e. The molecule has 0 aliphatic heterocycles. The fourth-order valence-electron chi connectivity index (χ4n) is 1.01. The molecule has 0 atom stereocenters. The summed E-state index contributed by atoms with van der Waals surface area (Å²) in [6.45, 7) is 2.64. The third-order valence-electron chi connectivity index (χ3n) is 1.67. The van der Waals surface area contributed by atoms with E-state index in [-0.39, 0.29) is 0 Å². The third kappa shape index (κ3) is 1.87. The number of aryl methyl sites for hydroxylation is 1. The molecule has 0 aliphatic carbocycles. The lowest BCUT2D eigenvalue weighted by Crippen LogP contribution is -2.00. The number of imidazole rings is 1. The zero-order valence-corrected chi connectivity index (χ0v) is 8.51. The van der Waals surface area contributed by atoms with Crippen molar-refractivity contribution in [1.29, 1.82) is 0 Å². The number of halogens is 1. The molecule has 68 valence electrons. The molecular formula is C7H7ClN4S. The quantitative estimate of drug-likeness (QED) is 0.765. The van der Waals surface area contributed by atoms with Gasteiger partial charge < -0.3 is 4.57 Å². The van der Waals surface area contributed by atoms with E-state index in [4.69, 9.17) is 11.6 Å². The zero-order chi connectivity index (χ0) is 9.26. The van der Waals surface area contributed by atoms with Gasteiger partial charge in [0.05, 0.1) is 6.54 Å². The predicted octanol–water partition coefficient (Wildman–Crippen LogP) is 1.74. The van der Waals surface area contributed by atoms with Crippen LogP contribution in [0.4, 0.5) is 0 Å². The summed E-state index contributed by atoms with van der Waals surface area (Å²) < 4.78 is 2.48. The topological polar surface area (TPSA) is 43.6 Å². The van der Waals surface area contributed by atoms with Crippen molar-refractivity contribution in [2.75, 3.05) is 0 Å².